The van der Waals surface area contributed by atoms with Crippen LogP contribution in [0, 0.1) is 0 Å². The van der Waals surface area contributed by atoms with Crippen molar-refractivity contribution in [1.29, 1.82) is 0 Å². The largest absolute Gasteiger partial charge is 0.469 e. The summed E-state index contributed by atoms with van der Waals surface area (Å²) in [4.78, 5) is 36.6. The number of ether oxygens (including phenoxy) is 1. The van der Waals surface area contributed by atoms with Crippen molar-refractivity contribution >= 4 is 17.8 Å². The molecular weight excluding hydrogens is 310 g/mol. The summed E-state index contributed by atoms with van der Waals surface area (Å²) in [7, 11) is 1.29. The summed E-state index contributed by atoms with van der Waals surface area (Å²) in [5.41, 5.74) is 1.02. The fraction of sp³-hybridized carbons (Fsp3) is 0.471. The number of piperazine rings is 1. The first-order valence-corrected chi connectivity index (χ1v) is 8.04. The fourth-order valence-corrected chi connectivity index (χ4v) is 2.85. The number of quaternary nitrogens is 1. The average molecular weight is 334 g/mol. The minimum Gasteiger partial charge on any atom is -0.469 e. The maximum Gasteiger partial charge on any atom is 0.312 e. The minimum absolute atomic E-state index is 0.0286. The van der Waals surface area contributed by atoms with E-state index < -0.39 is 12.0 Å². The monoisotopic (exact) mass is 334 g/mol. The second-order valence-electron chi connectivity index (χ2n) is 5.91. The number of nitrogens with one attached hydrogen (secondary N) is 3. The number of carbonyl (C=O) groups excluding carboxylic acids is 3. The van der Waals surface area contributed by atoms with Gasteiger partial charge in [0.05, 0.1) is 26.2 Å². The number of carbonyl (C=O) groups is 3. The molecule has 7 heteroatoms. The van der Waals surface area contributed by atoms with E-state index in [-0.39, 0.29) is 30.8 Å². The molecule has 1 aliphatic heterocycles. The van der Waals surface area contributed by atoms with Gasteiger partial charge in [0.15, 0.2) is 12.6 Å². The smallest absolute Gasteiger partial charge is 0.312 e. The third kappa shape index (κ3) is 4.79. The molecule has 1 saturated heterocycles. The van der Waals surface area contributed by atoms with E-state index in [2.05, 4.69) is 15.4 Å². The van der Waals surface area contributed by atoms with Crippen LogP contribution in [0.5, 0.6) is 0 Å². The van der Waals surface area contributed by atoms with Gasteiger partial charge in [0.1, 0.15) is 6.42 Å². The normalized spacial score (nSPS) is 21.5. The maximum absolute atomic E-state index is 12.3. The predicted octanol–water partition coefficient (Wildman–Crippen LogP) is -1.19. The van der Waals surface area contributed by atoms with Gasteiger partial charge < -0.3 is 20.3 Å². The van der Waals surface area contributed by atoms with Crippen LogP contribution >= 0.6 is 0 Å². The summed E-state index contributed by atoms with van der Waals surface area (Å²) in [6.45, 7) is 3.15. The molecule has 0 spiro atoms. The molecule has 3 atom stereocenters. The first-order valence-electron chi connectivity index (χ1n) is 8.04. The van der Waals surface area contributed by atoms with Gasteiger partial charge >= 0.3 is 5.97 Å². The summed E-state index contributed by atoms with van der Waals surface area (Å²) in [5, 5.41) is 5.67. The lowest BCUT2D eigenvalue weighted by atomic mass is 10.1. The SMILES string of the molecule is COC(=O)C[C@H]1C(=O)NCC[NH+]1CC(=O)N[C@H](C)c1ccccc1. The lowest BCUT2D eigenvalue weighted by molar-refractivity contribution is -0.909. The van der Waals surface area contributed by atoms with Crippen molar-refractivity contribution in [3.63, 3.8) is 0 Å². The van der Waals surface area contributed by atoms with E-state index in [1.165, 1.54) is 7.11 Å². The van der Waals surface area contributed by atoms with Gasteiger partial charge in [-0.3, -0.25) is 14.4 Å². The Morgan fingerprint density at radius 2 is 2.08 bits per heavy atom. The van der Waals surface area contributed by atoms with E-state index in [0.29, 0.717) is 13.1 Å². The summed E-state index contributed by atoms with van der Waals surface area (Å²) < 4.78 is 4.64. The topological polar surface area (TPSA) is 88.9 Å². The summed E-state index contributed by atoms with van der Waals surface area (Å²) in [5.74, 6) is -0.816. The molecule has 1 aromatic rings. The van der Waals surface area contributed by atoms with Crippen LogP contribution in [0.4, 0.5) is 0 Å². The fourth-order valence-electron chi connectivity index (χ4n) is 2.85. The Hall–Kier alpha value is -2.41. The molecule has 0 saturated carbocycles. The summed E-state index contributed by atoms with van der Waals surface area (Å²) in [6, 6.07) is 8.96. The molecule has 130 valence electrons. The Balaban J connectivity index is 1.95. The molecule has 0 aromatic heterocycles. The highest BCUT2D eigenvalue weighted by atomic mass is 16.5. The maximum atomic E-state index is 12.3. The molecular formula is C17H24N3O4+. The Kier molecular flexibility index (Phi) is 6.31. The van der Waals surface area contributed by atoms with Crippen LogP contribution in [0.25, 0.3) is 0 Å². The number of methoxy groups -OCH3 is 1. The highest BCUT2D eigenvalue weighted by Gasteiger charge is 2.36. The molecule has 3 N–H and O–H groups in total. The molecule has 24 heavy (non-hydrogen) atoms. The second kappa shape index (κ2) is 8.44. The molecule has 7 nitrogen and oxygen atoms in total. The Bertz CT molecular complexity index is 591. The van der Waals surface area contributed by atoms with Gasteiger partial charge in [-0.05, 0) is 12.5 Å². The first-order chi connectivity index (χ1) is 11.5. The number of hydrogen-bond donors (Lipinski definition) is 3. The lowest BCUT2D eigenvalue weighted by Gasteiger charge is -2.31. The van der Waals surface area contributed by atoms with Gasteiger partial charge in [0, 0.05) is 0 Å². The van der Waals surface area contributed by atoms with Gasteiger partial charge in [0.25, 0.3) is 11.8 Å². The summed E-state index contributed by atoms with van der Waals surface area (Å²) in [6.07, 6.45) is -0.0286. The molecule has 1 aromatic carbocycles. The van der Waals surface area contributed by atoms with Crippen molar-refractivity contribution in [3.8, 4) is 0 Å². The zero-order valence-corrected chi connectivity index (χ0v) is 14.0. The van der Waals surface area contributed by atoms with Gasteiger partial charge in [-0.2, -0.15) is 0 Å². The minimum atomic E-state index is -0.594. The molecule has 0 bridgehead atoms. The van der Waals surface area contributed by atoms with E-state index in [9.17, 15) is 14.4 Å². The molecule has 0 aliphatic carbocycles. The van der Waals surface area contributed by atoms with Gasteiger partial charge in [-0.1, -0.05) is 30.3 Å². The van der Waals surface area contributed by atoms with Crippen molar-refractivity contribution in [1.82, 2.24) is 10.6 Å². The van der Waals surface area contributed by atoms with Crippen LogP contribution in [0.15, 0.2) is 30.3 Å². The van der Waals surface area contributed by atoms with E-state index in [1.807, 2.05) is 37.3 Å². The van der Waals surface area contributed by atoms with Crippen LogP contribution < -0.4 is 15.5 Å². The van der Waals surface area contributed by atoms with Crippen molar-refractivity contribution in [2.75, 3.05) is 26.7 Å². The molecule has 1 unspecified atom stereocenters. The molecule has 1 fully saturated rings. The van der Waals surface area contributed by atoms with Crippen LogP contribution in [-0.2, 0) is 19.1 Å². The molecule has 1 heterocycles. The molecule has 0 radical (unpaired) electrons. The van der Waals surface area contributed by atoms with Crippen LogP contribution in [0.3, 0.4) is 0 Å². The zero-order valence-electron chi connectivity index (χ0n) is 14.0. The Labute approximate surface area is 141 Å². The van der Waals surface area contributed by atoms with Crippen LogP contribution in [0.2, 0.25) is 0 Å². The number of benzene rings is 1. The third-order valence-corrected chi connectivity index (χ3v) is 4.22. The van der Waals surface area contributed by atoms with E-state index in [1.54, 1.807) is 0 Å². The number of rotatable bonds is 6. The standard InChI is InChI=1S/C17H23N3O4/c1-12(13-6-4-3-5-7-13)19-15(21)11-20-9-8-18-17(23)14(20)10-16(22)24-2/h3-7,12,14H,8-11H2,1-2H3,(H,18,23)(H,19,21)/p+1/t12-,14+/m1/s1. The van der Waals surface area contributed by atoms with Gasteiger partial charge in [-0.15, -0.1) is 0 Å². The second-order valence-corrected chi connectivity index (χ2v) is 5.91. The quantitative estimate of drug-likeness (QED) is 0.571. The molecule has 2 rings (SSSR count). The Morgan fingerprint density at radius 1 is 1.38 bits per heavy atom. The Morgan fingerprint density at radius 3 is 2.75 bits per heavy atom. The lowest BCUT2D eigenvalue weighted by Crippen LogP contribution is -3.20. The molecule has 1 aliphatic rings. The first kappa shape index (κ1) is 17.9. The number of hydrogen-bond acceptors (Lipinski definition) is 4. The van der Waals surface area contributed by atoms with Crippen molar-refractivity contribution in [2.45, 2.75) is 25.4 Å². The highest BCUT2D eigenvalue weighted by molar-refractivity contribution is 5.86. The van der Waals surface area contributed by atoms with E-state index in [4.69, 9.17) is 0 Å². The van der Waals surface area contributed by atoms with E-state index in [0.717, 1.165) is 10.5 Å². The predicted molar refractivity (Wildman–Crippen MR) is 87.1 cm³/mol. The van der Waals surface area contributed by atoms with Crippen molar-refractivity contribution < 1.29 is 24.0 Å². The summed E-state index contributed by atoms with van der Waals surface area (Å²) >= 11 is 0. The third-order valence-electron chi connectivity index (χ3n) is 4.22. The zero-order chi connectivity index (χ0) is 17.5. The van der Waals surface area contributed by atoms with Crippen LogP contribution in [0.1, 0.15) is 24.9 Å². The van der Waals surface area contributed by atoms with Gasteiger partial charge in [0.2, 0.25) is 0 Å². The van der Waals surface area contributed by atoms with Crippen molar-refractivity contribution in [3.05, 3.63) is 35.9 Å². The molecule has 2 amide bonds. The number of esters is 1. The van der Waals surface area contributed by atoms with Crippen molar-refractivity contribution in [2.24, 2.45) is 0 Å². The highest BCUT2D eigenvalue weighted by Crippen LogP contribution is 2.10. The average Bonchev–Trinajstić information content (AvgIpc) is 2.58. The van der Waals surface area contributed by atoms with E-state index >= 15 is 0 Å². The number of amides is 2. The van der Waals surface area contributed by atoms with Gasteiger partial charge in [-0.25, -0.2) is 0 Å². The van der Waals surface area contributed by atoms with Crippen LogP contribution in [-0.4, -0.2) is 50.6 Å².